The predicted molar refractivity (Wildman–Crippen MR) is 142 cm³/mol. The fraction of sp³-hybridized carbons (Fsp3) is 0.0769. The molecule has 2 aromatic carbocycles. The molecule has 0 aliphatic heterocycles. The molecule has 0 saturated heterocycles. The van der Waals surface area contributed by atoms with E-state index >= 15 is 0 Å². The van der Waals surface area contributed by atoms with Crippen molar-refractivity contribution in [2.45, 2.75) is 13.0 Å². The monoisotopic (exact) mass is 527 g/mol. The van der Waals surface area contributed by atoms with Crippen molar-refractivity contribution >= 4 is 46.4 Å². The third-order valence-electron chi connectivity index (χ3n) is 4.96. The summed E-state index contributed by atoms with van der Waals surface area (Å²) in [7, 11) is 0. The van der Waals surface area contributed by atoms with Gasteiger partial charge in [-0.15, -0.1) is 0 Å². The standard InChI is InChI=1S/C26H21N7O4S/c27-14-17-5-7-19(8-6-17)30-24(35)33-22-4-2-1-3-21(22)32-23(34)13-20-16-38-26(31-20)37-25(36)29-15-18-9-11-28-12-10-18/h1-12,16H,13,15H2,(H,29,36)(H,32,34)(H2,30,33,35). The van der Waals surface area contributed by atoms with E-state index in [1.807, 2.05) is 6.07 Å². The Bertz CT molecular complexity index is 1470. The minimum atomic E-state index is -0.661. The van der Waals surface area contributed by atoms with Crippen LogP contribution in [-0.2, 0) is 17.8 Å². The summed E-state index contributed by atoms with van der Waals surface area (Å²) in [5.74, 6) is -0.370. The number of benzene rings is 2. The van der Waals surface area contributed by atoms with Crippen molar-refractivity contribution in [3.05, 3.63) is 95.3 Å². The number of hydrogen-bond donors (Lipinski definition) is 4. The second kappa shape index (κ2) is 12.6. The molecule has 12 heteroatoms. The number of para-hydroxylation sites is 2. The van der Waals surface area contributed by atoms with Gasteiger partial charge in [0.1, 0.15) is 0 Å². The van der Waals surface area contributed by atoms with Crippen LogP contribution in [0.1, 0.15) is 16.8 Å². The summed E-state index contributed by atoms with van der Waals surface area (Å²) in [5, 5.41) is 21.4. The molecule has 4 amide bonds. The third-order valence-corrected chi connectivity index (χ3v) is 5.73. The first kappa shape index (κ1) is 25.8. The predicted octanol–water partition coefficient (Wildman–Crippen LogP) is 4.52. The maximum Gasteiger partial charge on any atom is 0.414 e. The lowest BCUT2D eigenvalue weighted by atomic mass is 10.2. The normalized spacial score (nSPS) is 10.1. The van der Waals surface area contributed by atoms with Crippen molar-refractivity contribution in [1.29, 1.82) is 5.26 Å². The smallest absolute Gasteiger partial charge is 0.381 e. The van der Waals surface area contributed by atoms with Crippen molar-refractivity contribution in [3.63, 3.8) is 0 Å². The lowest BCUT2D eigenvalue weighted by Gasteiger charge is -2.13. The highest BCUT2D eigenvalue weighted by Crippen LogP contribution is 2.23. The first-order valence-corrected chi connectivity index (χ1v) is 12.1. The minimum Gasteiger partial charge on any atom is -0.381 e. The summed E-state index contributed by atoms with van der Waals surface area (Å²) >= 11 is 1.10. The summed E-state index contributed by atoms with van der Waals surface area (Å²) < 4.78 is 5.18. The molecule has 4 aromatic rings. The van der Waals surface area contributed by atoms with Crippen molar-refractivity contribution in [2.75, 3.05) is 16.0 Å². The fourth-order valence-corrected chi connectivity index (χ4v) is 3.85. The lowest BCUT2D eigenvalue weighted by Crippen LogP contribution is -2.26. The summed E-state index contributed by atoms with van der Waals surface area (Å²) in [4.78, 5) is 45.2. The van der Waals surface area contributed by atoms with Gasteiger partial charge in [0.15, 0.2) is 0 Å². The Labute approximate surface area is 221 Å². The number of nitrogens with one attached hydrogen (secondary N) is 4. The molecule has 0 fully saturated rings. The molecule has 0 unspecified atom stereocenters. The SMILES string of the molecule is N#Cc1ccc(NC(=O)Nc2ccccc2NC(=O)Cc2csc(OC(=O)NCc3ccncc3)n2)cc1. The number of carbonyl (C=O) groups is 3. The average Bonchev–Trinajstić information content (AvgIpc) is 3.35. The van der Waals surface area contributed by atoms with Crippen LogP contribution in [0.3, 0.4) is 0 Å². The van der Waals surface area contributed by atoms with Gasteiger partial charge in [-0.2, -0.15) is 5.26 Å². The topological polar surface area (TPSA) is 158 Å². The highest BCUT2D eigenvalue weighted by molar-refractivity contribution is 7.11. The molecule has 0 saturated carbocycles. The Morgan fingerprint density at radius 1 is 0.921 bits per heavy atom. The number of aromatic nitrogens is 2. The molecule has 0 aliphatic rings. The Morgan fingerprint density at radius 2 is 1.63 bits per heavy atom. The van der Waals surface area contributed by atoms with E-state index in [-0.39, 0.29) is 24.1 Å². The average molecular weight is 528 g/mol. The quantitative estimate of drug-likeness (QED) is 0.262. The van der Waals surface area contributed by atoms with Crippen LogP contribution < -0.4 is 26.0 Å². The Hall–Kier alpha value is -5.28. The molecule has 0 atom stereocenters. The summed E-state index contributed by atoms with van der Waals surface area (Å²) in [6.45, 7) is 0.279. The first-order valence-electron chi connectivity index (χ1n) is 11.2. The number of carbonyl (C=O) groups excluding carboxylic acids is 3. The zero-order chi connectivity index (χ0) is 26.7. The van der Waals surface area contributed by atoms with Crippen LogP contribution in [0.2, 0.25) is 0 Å². The second-order valence-corrected chi connectivity index (χ2v) is 8.56. The van der Waals surface area contributed by atoms with Crippen LogP contribution in [0, 0.1) is 11.3 Å². The van der Waals surface area contributed by atoms with E-state index in [1.165, 1.54) is 0 Å². The van der Waals surface area contributed by atoms with Crippen LogP contribution >= 0.6 is 11.3 Å². The Kier molecular flexibility index (Phi) is 8.56. The minimum absolute atomic E-state index is 0.0652. The van der Waals surface area contributed by atoms with Gasteiger partial charge in [0.2, 0.25) is 5.91 Å². The molecule has 190 valence electrons. The van der Waals surface area contributed by atoms with Gasteiger partial charge in [-0.1, -0.05) is 23.5 Å². The van der Waals surface area contributed by atoms with E-state index in [4.69, 9.17) is 10.00 Å². The summed E-state index contributed by atoms with van der Waals surface area (Å²) in [5.41, 5.74) is 3.07. The van der Waals surface area contributed by atoms with Crippen LogP contribution in [0.4, 0.5) is 26.7 Å². The second-order valence-electron chi connectivity index (χ2n) is 7.74. The van der Waals surface area contributed by atoms with Crippen molar-refractivity contribution in [1.82, 2.24) is 15.3 Å². The van der Waals surface area contributed by atoms with Gasteiger partial charge in [-0.3, -0.25) is 9.78 Å². The molecule has 4 rings (SSSR count). The summed E-state index contributed by atoms with van der Waals surface area (Å²) in [6.07, 6.45) is 2.53. The van der Waals surface area contributed by atoms with Crippen LogP contribution in [0.5, 0.6) is 5.19 Å². The zero-order valence-corrected chi connectivity index (χ0v) is 20.6. The van der Waals surface area contributed by atoms with Crippen LogP contribution in [0.25, 0.3) is 0 Å². The van der Waals surface area contributed by atoms with E-state index < -0.39 is 12.1 Å². The molecular weight excluding hydrogens is 506 g/mol. The first-order chi connectivity index (χ1) is 18.5. The van der Waals surface area contributed by atoms with Gasteiger partial charge in [0, 0.05) is 30.0 Å². The number of hydrogen-bond acceptors (Lipinski definition) is 8. The maximum absolute atomic E-state index is 12.6. The number of amides is 4. The number of urea groups is 1. The number of nitriles is 1. The molecule has 38 heavy (non-hydrogen) atoms. The summed E-state index contributed by atoms with van der Waals surface area (Å²) in [6, 6.07) is 18.2. The number of pyridine rings is 1. The highest BCUT2D eigenvalue weighted by Gasteiger charge is 2.14. The van der Waals surface area contributed by atoms with Gasteiger partial charge in [-0.25, -0.2) is 14.6 Å². The zero-order valence-electron chi connectivity index (χ0n) is 19.8. The molecule has 0 bridgehead atoms. The van der Waals surface area contributed by atoms with Crippen molar-refractivity contribution in [3.8, 4) is 11.3 Å². The van der Waals surface area contributed by atoms with E-state index in [9.17, 15) is 14.4 Å². The molecule has 0 radical (unpaired) electrons. The van der Waals surface area contributed by atoms with Crippen molar-refractivity contribution in [2.24, 2.45) is 0 Å². The van der Waals surface area contributed by atoms with Crippen molar-refractivity contribution < 1.29 is 19.1 Å². The largest absolute Gasteiger partial charge is 0.414 e. The van der Waals surface area contributed by atoms with Crippen LogP contribution in [-0.4, -0.2) is 28.0 Å². The van der Waals surface area contributed by atoms with Crippen LogP contribution in [0.15, 0.2) is 78.4 Å². The van der Waals surface area contributed by atoms with Gasteiger partial charge >= 0.3 is 12.1 Å². The molecule has 11 nitrogen and oxygen atoms in total. The number of rotatable bonds is 8. The Morgan fingerprint density at radius 3 is 2.34 bits per heavy atom. The van der Waals surface area contributed by atoms with Gasteiger partial charge in [-0.05, 0) is 54.1 Å². The highest BCUT2D eigenvalue weighted by atomic mass is 32.1. The third kappa shape index (κ3) is 7.61. The van der Waals surface area contributed by atoms with E-state index in [1.54, 1.807) is 78.4 Å². The fourth-order valence-electron chi connectivity index (χ4n) is 3.18. The maximum atomic E-state index is 12.6. The molecular formula is C26H21N7O4S. The van der Waals surface area contributed by atoms with E-state index in [2.05, 4.69) is 31.2 Å². The molecule has 0 aliphatic carbocycles. The van der Waals surface area contributed by atoms with E-state index in [0.717, 1.165) is 16.9 Å². The molecule has 2 aromatic heterocycles. The molecule has 0 spiro atoms. The van der Waals surface area contributed by atoms with Gasteiger partial charge in [0.25, 0.3) is 5.19 Å². The number of anilines is 3. The molecule has 2 heterocycles. The molecule has 4 N–H and O–H groups in total. The van der Waals surface area contributed by atoms with E-state index in [0.29, 0.717) is 28.3 Å². The number of thiazole rings is 1. The number of nitrogens with zero attached hydrogens (tertiary/aromatic N) is 3. The Balaban J connectivity index is 1.28. The van der Waals surface area contributed by atoms with Gasteiger partial charge < -0.3 is 26.0 Å². The van der Waals surface area contributed by atoms with Gasteiger partial charge in [0.05, 0.1) is 35.1 Å². The lowest BCUT2D eigenvalue weighted by molar-refractivity contribution is -0.115. The number of ether oxygens (including phenoxy) is 1.